The number of rotatable bonds is 2. The van der Waals surface area contributed by atoms with E-state index in [0.717, 1.165) is 18.8 Å². The molecule has 1 aliphatic rings. The summed E-state index contributed by atoms with van der Waals surface area (Å²) in [6.07, 6.45) is 0. The monoisotopic (exact) mass is 525 g/mol. The Labute approximate surface area is 157 Å². The van der Waals surface area contributed by atoms with Crippen LogP contribution in [0.4, 0.5) is 0 Å². The van der Waals surface area contributed by atoms with Crippen LogP contribution in [0.25, 0.3) is 0 Å². The van der Waals surface area contributed by atoms with Crippen molar-refractivity contribution in [2.75, 3.05) is 14.2 Å². The molecular weight excluding hydrogens is 503 g/mol. The van der Waals surface area contributed by atoms with Gasteiger partial charge in [-0.15, -0.1) is 0 Å². The van der Waals surface area contributed by atoms with E-state index in [1.807, 2.05) is 0 Å². The molecule has 0 atom stereocenters. The van der Waals surface area contributed by atoms with Crippen LogP contribution >= 0.6 is 0 Å². The zero-order valence-electron chi connectivity index (χ0n) is 14.6. The summed E-state index contributed by atoms with van der Waals surface area (Å²) in [6, 6.07) is 26.9. The average molecular weight is 525 g/mol. The fourth-order valence-electron chi connectivity index (χ4n) is 3.50. The molecule has 3 aromatic rings. The summed E-state index contributed by atoms with van der Waals surface area (Å²) in [5.41, 5.74) is 2.99. The second-order valence-corrected chi connectivity index (χ2v) is 14.8. The van der Waals surface area contributed by atoms with Gasteiger partial charge in [0.1, 0.15) is 0 Å². The molecule has 4 rings (SSSR count). The molecular formula is C22H22BiNO. The predicted molar refractivity (Wildman–Crippen MR) is 106 cm³/mol. The van der Waals surface area contributed by atoms with Crippen molar-refractivity contribution in [3.8, 4) is 5.75 Å². The first kappa shape index (κ1) is 16.8. The summed E-state index contributed by atoms with van der Waals surface area (Å²) < 4.78 is 10.1. The van der Waals surface area contributed by atoms with E-state index < -0.39 is 21.8 Å². The van der Waals surface area contributed by atoms with Crippen molar-refractivity contribution < 1.29 is 4.74 Å². The van der Waals surface area contributed by atoms with Gasteiger partial charge in [-0.1, -0.05) is 0 Å². The van der Waals surface area contributed by atoms with Gasteiger partial charge in [0.25, 0.3) is 0 Å². The first-order chi connectivity index (χ1) is 12.3. The van der Waals surface area contributed by atoms with Crippen LogP contribution < -0.4 is 14.6 Å². The molecule has 3 heteroatoms. The van der Waals surface area contributed by atoms with E-state index in [1.165, 1.54) is 14.4 Å². The van der Waals surface area contributed by atoms with E-state index in [2.05, 4.69) is 84.7 Å². The first-order valence-electron chi connectivity index (χ1n) is 8.55. The Balaban J connectivity index is 1.93. The number of fused-ring (bicyclic) bond motifs is 2. The molecule has 0 aromatic heterocycles. The second kappa shape index (κ2) is 7.27. The molecule has 0 spiro atoms. The van der Waals surface area contributed by atoms with Gasteiger partial charge < -0.3 is 0 Å². The summed E-state index contributed by atoms with van der Waals surface area (Å²) in [5.74, 6) is 0.932. The molecule has 3 aromatic carbocycles. The van der Waals surface area contributed by atoms with Gasteiger partial charge in [0.15, 0.2) is 0 Å². The van der Waals surface area contributed by atoms with Crippen molar-refractivity contribution in [2.45, 2.75) is 13.1 Å². The van der Waals surface area contributed by atoms with Crippen LogP contribution in [0.2, 0.25) is 0 Å². The van der Waals surface area contributed by atoms with Crippen LogP contribution in [0, 0.1) is 0 Å². The van der Waals surface area contributed by atoms with Crippen molar-refractivity contribution in [3.63, 3.8) is 0 Å². The zero-order chi connectivity index (χ0) is 17.2. The molecule has 0 fully saturated rings. The number of benzene rings is 3. The number of nitrogens with zero attached hydrogens (tertiary/aromatic N) is 1. The molecule has 0 bridgehead atoms. The van der Waals surface area contributed by atoms with Crippen molar-refractivity contribution in [2.24, 2.45) is 0 Å². The summed E-state index contributed by atoms with van der Waals surface area (Å²) in [6.45, 7) is 2.04. The van der Waals surface area contributed by atoms with E-state index in [-0.39, 0.29) is 0 Å². The van der Waals surface area contributed by atoms with Gasteiger partial charge in [-0.2, -0.15) is 0 Å². The summed E-state index contributed by atoms with van der Waals surface area (Å²) in [4.78, 5) is 2.42. The van der Waals surface area contributed by atoms with Gasteiger partial charge in [0, 0.05) is 0 Å². The van der Waals surface area contributed by atoms with Crippen LogP contribution in [0.3, 0.4) is 0 Å². The van der Waals surface area contributed by atoms with Gasteiger partial charge >= 0.3 is 158 Å². The maximum absolute atomic E-state index is 5.37. The minimum atomic E-state index is -2.31. The van der Waals surface area contributed by atoms with Gasteiger partial charge in [0.2, 0.25) is 0 Å². The summed E-state index contributed by atoms with van der Waals surface area (Å²) in [7, 11) is 3.95. The molecule has 0 saturated heterocycles. The quantitative estimate of drug-likeness (QED) is 0.476. The molecule has 2 nitrogen and oxygen atoms in total. The number of hydrogen-bond acceptors (Lipinski definition) is 2. The summed E-state index contributed by atoms with van der Waals surface area (Å²) in [5, 5.41) is 0. The Morgan fingerprint density at radius 3 is 1.80 bits per heavy atom. The van der Waals surface area contributed by atoms with Crippen LogP contribution in [-0.4, -0.2) is 40.8 Å². The number of hydrogen-bond donors (Lipinski definition) is 0. The SMILES string of the molecule is COc1cc[c]([Bi]2[c]3ccccc3CN(C)Cc3cccc[c]32)cc1. The second-order valence-electron chi connectivity index (χ2n) is 6.46. The summed E-state index contributed by atoms with van der Waals surface area (Å²) >= 11 is -2.31. The molecule has 126 valence electrons. The fourth-order valence-corrected chi connectivity index (χ4v) is 13.6. The Morgan fingerprint density at radius 2 is 1.28 bits per heavy atom. The Morgan fingerprint density at radius 1 is 0.760 bits per heavy atom. The van der Waals surface area contributed by atoms with Gasteiger partial charge in [-0.05, 0) is 0 Å². The Kier molecular flexibility index (Phi) is 4.87. The third-order valence-corrected chi connectivity index (χ3v) is 15.0. The van der Waals surface area contributed by atoms with Crippen molar-refractivity contribution in [1.29, 1.82) is 0 Å². The van der Waals surface area contributed by atoms with Crippen LogP contribution in [0.1, 0.15) is 11.1 Å². The van der Waals surface area contributed by atoms with Crippen LogP contribution in [0.5, 0.6) is 5.75 Å². The maximum atomic E-state index is 5.37. The zero-order valence-corrected chi connectivity index (χ0v) is 18.1. The molecule has 0 amide bonds. The topological polar surface area (TPSA) is 12.5 Å². The first-order valence-corrected chi connectivity index (χ1v) is 13.8. The van der Waals surface area contributed by atoms with E-state index in [4.69, 9.17) is 4.74 Å². The molecule has 1 heterocycles. The standard InChI is InChI=1S/C15H15N.C7H7O.Bi/c1-16(12-14-8-4-2-5-9-14)13-15-10-6-3-7-11-15;1-8-7-5-3-2-4-6-7;/h2-8,10H,12-13H2,1H3;3-6H,1H3;. The number of ether oxygens (including phenoxy) is 1. The molecule has 0 saturated carbocycles. The van der Waals surface area contributed by atoms with E-state index in [1.54, 1.807) is 13.7 Å². The molecule has 1 aliphatic heterocycles. The van der Waals surface area contributed by atoms with E-state index >= 15 is 0 Å². The molecule has 0 aliphatic carbocycles. The molecule has 0 radical (unpaired) electrons. The molecule has 25 heavy (non-hydrogen) atoms. The van der Waals surface area contributed by atoms with Crippen LogP contribution in [-0.2, 0) is 13.1 Å². The van der Waals surface area contributed by atoms with Crippen molar-refractivity contribution >= 4 is 31.6 Å². The minimum absolute atomic E-state index is 0.932. The normalized spacial score (nSPS) is 15.0. The van der Waals surface area contributed by atoms with Crippen molar-refractivity contribution in [3.05, 3.63) is 83.9 Å². The van der Waals surface area contributed by atoms with Crippen molar-refractivity contribution in [1.82, 2.24) is 4.90 Å². The van der Waals surface area contributed by atoms with E-state index in [0.29, 0.717) is 0 Å². The fraction of sp³-hybridized carbons (Fsp3) is 0.182. The third-order valence-electron chi connectivity index (χ3n) is 4.68. The molecule has 0 unspecified atom stereocenters. The Hall–Kier alpha value is -1.70. The number of methoxy groups -OCH3 is 1. The van der Waals surface area contributed by atoms with Gasteiger partial charge in [-0.25, -0.2) is 0 Å². The van der Waals surface area contributed by atoms with Gasteiger partial charge in [-0.3, -0.25) is 0 Å². The van der Waals surface area contributed by atoms with E-state index in [9.17, 15) is 0 Å². The Bertz CT molecular complexity index is 826. The van der Waals surface area contributed by atoms with Crippen LogP contribution in [0.15, 0.2) is 72.8 Å². The molecule has 0 N–H and O–H groups in total. The third kappa shape index (κ3) is 3.36. The van der Waals surface area contributed by atoms with Gasteiger partial charge in [0.05, 0.1) is 0 Å². The predicted octanol–water partition coefficient (Wildman–Crippen LogP) is 2.16. The average Bonchev–Trinajstić information content (AvgIpc) is 2.64.